The molecule has 0 aliphatic heterocycles. The number of Topliss-reactive ketones (excluding diaryl/α,β-unsaturated/α-hetero) is 1. The number of H-pyrrole nitrogens is 1. The summed E-state index contributed by atoms with van der Waals surface area (Å²) in [6, 6.07) is 6.29. The monoisotopic (exact) mass is 805 g/mol. The number of rotatable bonds is 5. The Hall–Kier alpha value is -4.88. The van der Waals surface area contributed by atoms with Gasteiger partial charge in [-0.25, -0.2) is 0 Å². The standard InChI is InChI=1S/C14H22N2.C14H19N.C10H16N2.C10H15N.C4H8O/c1-7-10(3)15-16-14-8-9(2)11(4)12(5)13(14)6;1-7-8(2)10(4)14-13(9(7)3)11(5)12(6)15-14;1-6-5-10(12-11)9(4)8(3)7(6)2;1-6-5-10(11)9(4)8(3)7(6)2;1-3-4(2)5/h8,16H,7H2,1-6H3;15H,1-6H3;5,12H,11H2,1-4H3;5H,11H2,1-4H3;3H2,1-2H3/b15-10-;;;;. The van der Waals surface area contributed by atoms with Crippen LogP contribution < -0.4 is 22.4 Å². The number of hydrogen-bond donors (Lipinski definition) is 5. The van der Waals surface area contributed by atoms with Gasteiger partial charge in [-0.3, -0.25) is 11.3 Å². The third-order valence-electron chi connectivity index (χ3n) is 13.0. The van der Waals surface area contributed by atoms with Crippen LogP contribution in [0.5, 0.6) is 0 Å². The number of nitrogens with zero attached hydrogens (tertiary/aromatic N) is 1. The number of carbonyl (C=O) groups is 1. The first-order valence-electron chi connectivity index (χ1n) is 21.1. The van der Waals surface area contributed by atoms with Gasteiger partial charge in [-0.15, -0.1) is 0 Å². The summed E-state index contributed by atoms with van der Waals surface area (Å²) in [4.78, 5) is 13.3. The second-order valence-electron chi connectivity index (χ2n) is 16.5. The lowest BCUT2D eigenvalue weighted by Gasteiger charge is -2.13. The first-order valence-corrected chi connectivity index (χ1v) is 21.1. The van der Waals surface area contributed by atoms with Crippen LogP contribution in [0.25, 0.3) is 10.9 Å². The van der Waals surface area contributed by atoms with E-state index in [1.165, 1.54) is 111 Å². The van der Waals surface area contributed by atoms with Gasteiger partial charge in [0.15, 0.2) is 0 Å². The summed E-state index contributed by atoms with van der Waals surface area (Å²) in [5, 5.41) is 5.78. The second kappa shape index (κ2) is 23.1. The van der Waals surface area contributed by atoms with Crippen LogP contribution in [0.1, 0.15) is 141 Å². The highest BCUT2D eigenvalue weighted by Crippen LogP contribution is 2.32. The number of hydrazine groups is 1. The summed E-state index contributed by atoms with van der Waals surface area (Å²) in [5.41, 5.74) is 41.2. The maximum atomic E-state index is 9.81. The maximum absolute atomic E-state index is 9.81. The molecule has 0 saturated carbocycles. The number of fused-ring (bicyclic) bond motifs is 1. The minimum absolute atomic E-state index is 0.255. The largest absolute Gasteiger partial charge is 0.398 e. The van der Waals surface area contributed by atoms with Crippen LogP contribution in [-0.2, 0) is 4.79 Å². The predicted molar refractivity (Wildman–Crippen MR) is 263 cm³/mol. The van der Waals surface area contributed by atoms with Crippen molar-refractivity contribution >= 4 is 39.5 Å². The summed E-state index contributed by atoms with van der Waals surface area (Å²) in [5.74, 6) is 5.64. The zero-order chi connectivity index (χ0) is 45.8. The molecule has 0 amide bonds. The number of anilines is 3. The molecule has 0 spiro atoms. The number of nitrogen functional groups attached to an aromatic ring is 2. The van der Waals surface area contributed by atoms with E-state index in [1.54, 1.807) is 6.92 Å². The van der Waals surface area contributed by atoms with Gasteiger partial charge in [-0.05, 0) is 258 Å². The molecule has 0 bridgehead atoms. The number of aromatic amines is 1. The summed E-state index contributed by atoms with van der Waals surface area (Å²) >= 11 is 0. The van der Waals surface area contributed by atoms with E-state index in [1.807, 2.05) is 19.9 Å². The van der Waals surface area contributed by atoms with Crippen molar-refractivity contribution in [3.63, 3.8) is 0 Å². The van der Waals surface area contributed by atoms with Crippen molar-refractivity contribution in [1.82, 2.24) is 4.98 Å². The number of carbonyl (C=O) groups excluding carboxylic acids is 1. The zero-order valence-electron chi connectivity index (χ0n) is 41.2. The van der Waals surface area contributed by atoms with E-state index >= 15 is 0 Å². The molecule has 7 nitrogen and oxygen atoms in total. The topological polar surface area (TPSA) is 121 Å². The summed E-state index contributed by atoms with van der Waals surface area (Å²) < 4.78 is 0. The zero-order valence-corrected chi connectivity index (χ0v) is 41.2. The van der Waals surface area contributed by atoms with Gasteiger partial charge in [0.05, 0.1) is 11.4 Å². The Labute approximate surface area is 359 Å². The van der Waals surface area contributed by atoms with Crippen molar-refractivity contribution in [3.05, 3.63) is 118 Å². The molecule has 4 aromatic carbocycles. The maximum Gasteiger partial charge on any atom is 0.129 e. The van der Waals surface area contributed by atoms with Crippen molar-refractivity contribution in [2.24, 2.45) is 10.9 Å². The average molecular weight is 805 g/mol. The van der Waals surface area contributed by atoms with E-state index in [-0.39, 0.29) is 5.78 Å². The molecule has 7 heteroatoms. The fourth-order valence-electron chi connectivity index (χ4n) is 6.57. The minimum atomic E-state index is 0.255. The molecule has 0 atom stereocenters. The first kappa shape index (κ1) is 52.1. The molecule has 0 radical (unpaired) electrons. The number of hydrogen-bond acceptors (Lipinski definition) is 6. The molecule has 7 N–H and O–H groups in total. The Bertz CT molecular complexity index is 2260. The Kier molecular flexibility index (Phi) is 20.4. The molecular weight excluding hydrogens is 725 g/mol. The van der Waals surface area contributed by atoms with E-state index < -0.39 is 0 Å². The molecular formula is C52H80N6O. The lowest BCUT2D eigenvalue weighted by atomic mass is 9.94. The van der Waals surface area contributed by atoms with Gasteiger partial charge in [0.2, 0.25) is 0 Å². The number of hydrazone groups is 1. The van der Waals surface area contributed by atoms with Gasteiger partial charge in [-0.1, -0.05) is 13.8 Å². The number of aryl methyl sites for hydroxylation is 7. The molecule has 59 heavy (non-hydrogen) atoms. The number of nitrogens with two attached hydrogens (primary N) is 2. The van der Waals surface area contributed by atoms with Gasteiger partial charge < -0.3 is 20.9 Å². The van der Waals surface area contributed by atoms with Gasteiger partial charge in [-0.2, -0.15) is 5.10 Å². The number of ketones is 1. The van der Waals surface area contributed by atoms with E-state index in [4.69, 9.17) is 11.6 Å². The molecule has 324 valence electrons. The van der Waals surface area contributed by atoms with E-state index in [0.717, 1.165) is 29.2 Å². The molecule has 0 unspecified atom stereocenters. The minimum Gasteiger partial charge on any atom is -0.398 e. The van der Waals surface area contributed by atoms with Crippen molar-refractivity contribution in [2.45, 2.75) is 165 Å². The molecule has 1 heterocycles. The van der Waals surface area contributed by atoms with Gasteiger partial charge in [0.25, 0.3) is 0 Å². The molecule has 5 rings (SSSR count). The van der Waals surface area contributed by atoms with Crippen LogP contribution in [0.4, 0.5) is 17.1 Å². The highest BCUT2D eigenvalue weighted by molar-refractivity contribution is 5.92. The first-order chi connectivity index (χ1) is 27.3. The molecule has 0 aliphatic carbocycles. The van der Waals surface area contributed by atoms with E-state index in [2.05, 4.69) is 165 Å². The van der Waals surface area contributed by atoms with Gasteiger partial charge in [0, 0.05) is 34.4 Å². The van der Waals surface area contributed by atoms with E-state index in [9.17, 15) is 4.79 Å². The number of aromatic nitrogens is 1. The van der Waals surface area contributed by atoms with Gasteiger partial charge >= 0.3 is 0 Å². The Morgan fingerprint density at radius 3 is 1.36 bits per heavy atom. The van der Waals surface area contributed by atoms with Gasteiger partial charge in [0.1, 0.15) is 5.78 Å². The van der Waals surface area contributed by atoms with Crippen LogP contribution in [0.2, 0.25) is 0 Å². The number of benzene rings is 4. The van der Waals surface area contributed by atoms with Crippen LogP contribution in [0, 0.1) is 125 Å². The Morgan fingerprint density at radius 1 is 0.525 bits per heavy atom. The summed E-state index contributed by atoms with van der Waals surface area (Å²) in [7, 11) is 0. The normalized spacial score (nSPS) is 10.7. The summed E-state index contributed by atoms with van der Waals surface area (Å²) in [6.45, 7) is 46.3. The smallest absolute Gasteiger partial charge is 0.129 e. The molecule has 5 aromatic rings. The van der Waals surface area contributed by atoms with E-state index in [0.29, 0.717) is 6.42 Å². The third-order valence-corrected chi connectivity index (χ3v) is 13.0. The van der Waals surface area contributed by atoms with Crippen molar-refractivity contribution in [1.29, 1.82) is 0 Å². The van der Waals surface area contributed by atoms with Crippen LogP contribution in [0.15, 0.2) is 23.3 Å². The quantitative estimate of drug-likeness (QED) is 0.0524. The summed E-state index contributed by atoms with van der Waals surface area (Å²) in [6.07, 6.45) is 1.65. The fourth-order valence-corrected chi connectivity index (χ4v) is 6.57. The average Bonchev–Trinajstić information content (AvgIpc) is 3.52. The highest BCUT2D eigenvalue weighted by Gasteiger charge is 2.14. The Morgan fingerprint density at radius 2 is 0.915 bits per heavy atom. The van der Waals surface area contributed by atoms with Crippen LogP contribution >= 0.6 is 0 Å². The third kappa shape index (κ3) is 13.3. The Balaban J connectivity index is 0.000000382. The molecule has 0 fully saturated rings. The molecule has 0 saturated heterocycles. The fraction of sp³-hybridized carbons (Fsp3) is 0.462. The predicted octanol–water partition coefficient (Wildman–Crippen LogP) is 13.8. The lowest BCUT2D eigenvalue weighted by molar-refractivity contribution is -0.116. The second-order valence-corrected chi connectivity index (χ2v) is 16.5. The SMILES string of the molecule is CC/C(C)=N\Nc1cc(C)c(C)c(C)c1C.CCC(C)=O.Cc1[nH]c2c(C)c(C)c(C)c(C)c2c1C.Cc1cc(N)c(C)c(C)c1C.Cc1cc(NN)c(C)c(C)c1C. The lowest BCUT2D eigenvalue weighted by Crippen LogP contribution is -2.09. The van der Waals surface area contributed by atoms with Crippen molar-refractivity contribution in [2.75, 3.05) is 16.6 Å². The van der Waals surface area contributed by atoms with Crippen molar-refractivity contribution < 1.29 is 4.79 Å². The highest BCUT2D eigenvalue weighted by atomic mass is 16.1. The van der Waals surface area contributed by atoms with Crippen LogP contribution in [-0.4, -0.2) is 16.5 Å². The van der Waals surface area contributed by atoms with Crippen LogP contribution in [0.3, 0.4) is 0 Å². The van der Waals surface area contributed by atoms with Crippen molar-refractivity contribution in [3.8, 4) is 0 Å². The molecule has 0 aliphatic rings. The number of nitrogens with one attached hydrogen (secondary N) is 3. The molecule has 1 aromatic heterocycles.